The summed E-state index contributed by atoms with van der Waals surface area (Å²) in [5.41, 5.74) is -0.658. The van der Waals surface area contributed by atoms with E-state index in [1.54, 1.807) is 0 Å². The quantitative estimate of drug-likeness (QED) is 0.409. The summed E-state index contributed by atoms with van der Waals surface area (Å²) in [6.07, 6.45) is 1.53. The highest BCUT2D eigenvalue weighted by atomic mass is 16.3. The molecule has 3 N–H and O–H groups in total. The van der Waals surface area contributed by atoms with Crippen LogP contribution < -0.4 is 0 Å². The first-order chi connectivity index (χ1) is 4.74. The standard InChI is InChI=1S/C6H15BO3/c7-2-1-6(3-8,4-9)5-10/h8-10H,1-5,7H2. The third kappa shape index (κ3) is 2.29. The van der Waals surface area contributed by atoms with Crippen LogP contribution in [-0.4, -0.2) is 43.0 Å². The lowest BCUT2D eigenvalue weighted by Crippen LogP contribution is -2.33. The molecular weight excluding hydrogens is 131 g/mol. The fourth-order valence-corrected chi connectivity index (χ4v) is 0.918. The lowest BCUT2D eigenvalue weighted by molar-refractivity contribution is 0.00316. The van der Waals surface area contributed by atoms with Crippen LogP contribution in [0.4, 0.5) is 0 Å². The number of hydrogen-bond donors (Lipinski definition) is 3. The maximum Gasteiger partial charge on any atom is 0.101 e. The Morgan fingerprint density at radius 2 is 1.40 bits per heavy atom. The summed E-state index contributed by atoms with van der Waals surface area (Å²) >= 11 is 0. The maximum atomic E-state index is 8.79. The molecule has 0 saturated carbocycles. The van der Waals surface area contributed by atoms with Crippen molar-refractivity contribution in [2.75, 3.05) is 19.8 Å². The van der Waals surface area contributed by atoms with E-state index in [1.165, 1.54) is 0 Å². The molecule has 0 aromatic carbocycles. The number of aliphatic hydroxyl groups excluding tert-OH is 3. The Kier molecular flexibility index (Phi) is 4.69. The van der Waals surface area contributed by atoms with Crippen LogP contribution in [0.2, 0.25) is 6.32 Å². The van der Waals surface area contributed by atoms with Crippen molar-refractivity contribution in [3.05, 3.63) is 0 Å². The highest BCUT2D eigenvalue weighted by Crippen LogP contribution is 2.20. The van der Waals surface area contributed by atoms with E-state index in [2.05, 4.69) is 0 Å². The predicted octanol–water partition coefficient (Wildman–Crippen LogP) is -1.61. The van der Waals surface area contributed by atoms with Gasteiger partial charge in [0.15, 0.2) is 0 Å². The Balaban J connectivity index is 3.87. The van der Waals surface area contributed by atoms with E-state index in [9.17, 15) is 0 Å². The molecule has 0 amide bonds. The molecule has 0 aromatic rings. The molecule has 0 aliphatic rings. The minimum absolute atomic E-state index is 0.145. The zero-order chi connectivity index (χ0) is 8.04. The molecule has 0 saturated heterocycles. The molecule has 0 aromatic heterocycles. The van der Waals surface area contributed by atoms with Gasteiger partial charge in [-0.15, -0.1) is 0 Å². The summed E-state index contributed by atoms with van der Waals surface area (Å²) in [6.45, 7) is -0.435. The second-order valence-corrected chi connectivity index (χ2v) is 2.72. The third-order valence-corrected chi connectivity index (χ3v) is 1.79. The molecule has 60 valence electrons. The van der Waals surface area contributed by atoms with Gasteiger partial charge in [0.2, 0.25) is 0 Å². The minimum Gasteiger partial charge on any atom is -0.396 e. The van der Waals surface area contributed by atoms with Crippen LogP contribution in [0.5, 0.6) is 0 Å². The van der Waals surface area contributed by atoms with Crippen molar-refractivity contribution >= 4 is 7.85 Å². The van der Waals surface area contributed by atoms with E-state index in [-0.39, 0.29) is 19.8 Å². The van der Waals surface area contributed by atoms with Gasteiger partial charge in [0, 0.05) is 5.41 Å². The van der Waals surface area contributed by atoms with Crippen molar-refractivity contribution in [1.82, 2.24) is 0 Å². The monoisotopic (exact) mass is 146 g/mol. The Labute approximate surface area is 62.1 Å². The van der Waals surface area contributed by atoms with E-state index < -0.39 is 5.41 Å². The molecule has 0 bridgehead atoms. The molecule has 0 unspecified atom stereocenters. The molecule has 3 nitrogen and oxygen atoms in total. The lowest BCUT2D eigenvalue weighted by atomic mass is 9.81. The van der Waals surface area contributed by atoms with Crippen molar-refractivity contribution in [2.24, 2.45) is 5.41 Å². The first-order valence-corrected chi connectivity index (χ1v) is 3.57. The largest absolute Gasteiger partial charge is 0.396 e. The van der Waals surface area contributed by atoms with Gasteiger partial charge in [-0.25, -0.2) is 0 Å². The average Bonchev–Trinajstić information content (AvgIpc) is 2.01. The van der Waals surface area contributed by atoms with Crippen molar-refractivity contribution in [3.8, 4) is 0 Å². The molecule has 0 fully saturated rings. The third-order valence-electron chi connectivity index (χ3n) is 1.79. The Hall–Kier alpha value is -0.0551. The molecule has 0 heterocycles. The van der Waals surface area contributed by atoms with Gasteiger partial charge in [-0.05, 0) is 6.42 Å². The second kappa shape index (κ2) is 4.71. The lowest BCUT2D eigenvalue weighted by Gasteiger charge is -2.26. The van der Waals surface area contributed by atoms with Crippen LogP contribution in [0.1, 0.15) is 6.42 Å². The molecule has 0 radical (unpaired) electrons. The van der Waals surface area contributed by atoms with Crippen LogP contribution in [0.25, 0.3) is 0 Å². The first kappa shape index (κ1) is 9.94. The first-order valence-electron chi connectivity index (χ1n) is 3.57. The van der Waals surface area contributed by atoms with Gasteiger partial charge in [0.05, 0.1) is 19.8 Å². The fraction of sp³-hybridized carbons (Fsp3) is 1.00. The van der Waals surface area contributed by atoms with Gasteiger partial charge >= 0.3 is 0 Å². The topological polar surface area (TPSA) is 60.7 Å². The summed E-state index contributed by atoms with van der Waals surface area (Å²) in [6, 6.07) is 0. The molecule has 0 atom stereocenters. The van der Waals surface area contributed by atoms with Crippen LogP contribution in [0.15, 0.2) is 0 Å². The molecule has 4 heteroatoms. The van der Waals surface area contributed by atoms with Gasteiger partial charge in [-0.3, -0.25) is 0 Å². The number of hydrogen-bond acceptors (Lipinski definition) is 3. The van der Waals surface area contributed by atoms with Crippen molar-refractivity contribution < 1.29 is 15.3 Å². The minimum atomic E-state index is -0.658. The number of aliphatic hydroxyl groups is 3. The van der Waals surface area contributed by atoms with Crippen LogP contribution in [0, 0.1) is 5.41 Å². The Morgan fingerprint density at radius 3 is 1.50 bits per heavy atom. The van der Waals surface area contributed by atoms with Crippen LogP contribution >= 0.6 is 0 Å². The molecule has 0 spiro atoms. The van der Waals surface area contributed by atoms with Crippen molar-refractivity contribution in [2.45, 2.75) is 12.7 Å². The fourth-order valence-electron chi connectivity index (χ4n) is 0.918. The summed E-state index contributed by atoms with van der Waals surface area (Å²) < 4.78 is 0. The normalized spacial score (nSPS) is 11.9. The Bertz CT molecular complexity index is 74.8. The average molecular weight is 146 g/mol. The summed E-state index contributed by atoms with van der Waals surface area (Å²) in [4.78, 5) is 0. The number of rotatable bonds is 5. The van der Waals surface area contributed by atoms with E-state index in [4.69, 9.17) is 15.3 Å². The van der Waals surface area contributed by atoms with Crippen molar-refractivity contribution in [3.63, 3.8) is 0 Å². The van der Waals surface area contributed by atoms with Gasteiger partial charge in [0.25, 0.3) is 0 Å². The molecule has 0 rings (SSSR count). The SMILES string of the molecule is BCCC(CO)(CO)CO. The molecule has 0 aliphatic carbocycles. The van der Waals surface area contributed by atoms with E-state index in [1.807, 2.05) is 7.85 Å². The van der Waals surface area contributed by atoms with Crippen LogP contribution in [-0.2, 0) is 0 Å². The predicted molar refractivity (Wildman–Crippen MR) is 41.7 cm³/mol. The Morgan fingerprint density at radius 1 is 1.00 bits per heavy atom. The van der Waals surface area contributed by atoms with E-state index in [0.717, 1.165) is 6.32 Å². The zero-order valence-corrected chi connectivity index (χ0v) is 6.38. The van der Waals surface area contributed by atoms with Gasteiger partial charge < -0.3 is 15.3 Å². The summed E-state index contributed by atoms with van der Waals surface area (Å²) in [7, 11) is 1.95. The van der Waals surface area contributed by atoms with Gasteiger partial charge in [0.1, 0.15) is 7.85 Å². The zero-order valence-electron chi connectivity index (χ0n) is 6.38. The second-order valence-electron chi connectivity index (χ2n) is 2.72. The smallest absolute Gasteiger partial charge is 0.101 e. The van der Waals surface area contributed by atoms with E-state index >= 15 is 0 Å². The summed E-state index contributed by atoms with van der Waals surface area (Å²) in [5.74, 6) is 0. The van der Waals surface area contributed by atoms with Gasteiger partial charge in [-0.2, -0.15) is 0 Å². The van der Waals surface area contributed by atoms with Crippen molar-refractivity contribution in [1.29, 1.82) is 0 Å². The van der Waals surface area contributed by atoms with Crippen LogP contribution in [0.3, 0.4) is 0 Å². The highest BCUT2D eigenvalue weighted by molar-refractivity contribution is 6.08. The molecular formula is C6H15BO3. The van der Waals surface area contributed by atoms with Gasteiger partial charge in [-0.1, -0.05) is 6.32 Å². The molecule has 10 heavy (non-hydrogen) atoms. The highest BCUT2D eigenvalue weighted by Gasteiger charge is 2.26. The van der Waals surface area contributed by atoms with E-state index in [0.29, 0.717) is 6.42 Å². The maximum absolute atomic E-state index is 8.79. The molecule has 0 aliphatic heterocycles. The summed E-state index contributed by atoms with van der Waals surface area (Å²) in [5, 5.41) is 26.4.